The van der Waals surface area contributed by atoms with E-state index in [1.807, 2.05) is 49.4 Å². The molecule has 0 fully saturated rings. The van der Waals surface area contributed by atoms with Gasteiger partial charge in [0.15, 0.2) is 11.5 Å². The van der Waals surface area contributed by atoms with Gasteiger partial charge >= 0.3 is 0 Å². The molecule has 1 amide bonds. The van der Waals surface area contributed by atoms with Crippen molar-refractivity contribution in [1.82, 2.24) is 15.1 Å². The minimum absolute atomic E-state index is 0.00781. The number of nitro groups is 1. The molecule has 0 aliphatic carbocycles. The van der Waals surface area contributed by atoms with Crippen LogP contribution in [0.1, 0.15) is 38.8 Å². The Hall–Kier alpha value is -4.66. The third-order valence-corrected chi connectivity index (χ3v) is 6.40. The fourth-order valence-corrected chi connectivity index (χ4v) is 4.65. The second kappa shape index (κ2) is 7.98. The molecule has 1 atom stereocenters. The summed E-state index contributed by atoms with van der Waals surface area (Å²) in [5.41, 5.74) is 5.50. The molecule has 4 aromatic rings. The van der Waals surface area contributed by atoms with Crippen LogP contribution in [0, 0.1) is 17.0 Å². The molecule has 0 saturated carbocycles. The van der Waals surface area contributed by atoms with Gasteiger partial charge in [-0.2, -0.15) is 5.10 Å². The van der Waals surface area contributed by atoms with Gasteiger partial charge in [0.1, 0.15) is 5.69 Å². The first-order valence-corrected chi connectivity index (χ1v) is 11.1. The van der Waals surface area contributed by atoms with Gasteiger partial charge in [-0.15, -0.1) is 0 Å². The van der Waals surface area contributed by atoms with Crippen molar-refractivity contribution in [2.45, 2.75) is 19.5 Å². The van der Waals surface area contributed by atoms with Crippen LogP contribution in [-0.2, 0) is 6.54 Å². The molecule has 1 unspecified atom stereocenters. The number of carbonyl (C=O) groups is 1. The van der Waals surface area contributed by atoms with Crippen molar-refractivity contribution in [2.75, 3.05) is 6.79 Å². The van der Waals surface area contributed by atoms with Crippen molar-refractivity contribution in [3.63, 3.8) is 0 Å². The molecule has 3 aromatic carbocycles. The number of nitrogens with one attached hydrogen (secondary N) is 1. The molecule has 6 rings (SSSR count). The van der Waals surface area contributed by atoms with Crippen molar-refractivity contribution in [1.29, 1.82) is 0 Å². The molecule has 3 heterocycles. The lowest BCUT2D eigenvalue weighted by Gasteiger charge is -2.26. The molecule has 0 radical (unpaired) electrons. The zero-order valence-electron chi connectivity index (χ0n) is 18.7. The number of hydrogen-bond donors (Lipinski definition) is 1. The van der Waals surface area contributed by atoms with E-state index in [-0.39, 0.29) is 18.4 Å². The first kappa shape index (κ1) is 20.9. The fourth-order valence-electron chi connectivity index (χ4n) is 4.65. The van der Waals surface area contributed by atoms with Gasteiger partial charge in [-0.1, -0.05) is 35.9 Å². The Morgan fingerprint density at radius 1 is 1.06 bits per heavy atom. The Bertz CT molecular complexity index is 1460. The number of carbonyl (C=O) groups excluding carboxylic acids is 1. The summed E-state index contributed by atoms with van der Waals surface area (Å²) in [6.45, 7) is 2.49. The number of nitrogens with zero attached hydrogens (tertiary/aromatic N) is 3. The maximum Gasteiger partial charge on any atom is 0.273 e. The predicted molar refractivity (Wildman–Crippen MR) is 126 cm³/mol. The van der Waals surface area contributed by atoms with Crippen molar-refractivity contribution < 1.29 is 19.2 Å². The van der Waals surface area contributed by atoms with Crippen molar-refractivity contribution in [3.8, 4) is 22.8 Å². The number of benzene rings is 3. The average Bonchev–Trinajstić information content (AvgIpc) is 3.56. The predicted octanol–water partition coefficient (Wildman–Crippen LogP) is 4.77. The summed E-state index contributed by atoms with van der Waals surface area (Å²) in [6.07, 6.45) is 0. The molecule has 0 spiro atoms. The number of nitro benzene ring substituents is 1. The van der Waals surface area contributed by atoms with E-state index in [0.717, 1.165) is 27.8 Å². The van der Waals surface area contributed by atoms with Crippen LogP contribution < -0.4 is 9.47 Å². The lowest BCUT2D eigenvalue weighted by atomic mass is 9.95. The summed E-state index contributed by atoms with van der Waals surface area (Å²) < 4.78 is 10.9. The average molecular weight is 468 g/mol. The van der Waals surface area contributed by atoms with E-state index in [4.69, 9.17) is 9.47 Å². The second-order valence-electron chi connectivity index (χ2n) is 8.60. The van der Waals surface area contributed by atoms with Gasteiger partial charge in [-0.3, -0.25) is 20.0 Å². The van der Waals surface area contributed by atoms with Crippen molar-refractivity contribution in [2.24, 2.45) is 0 Å². The van der Waals surface area contributed by atoms with E-state index in [9.17, 15) is 14.9 Å². The maximum absolute atomic E-state index is 13.6. The standard InChI is InChI=1S/C26H20N4O5/c1-15-2-5-17(6-3-15)23-22-24(28-27-23)26(31)29(13-16-4-11-20-21(12-16)35-14-34-20)25(22)18-7-9-19(10-8-18)30(32)33/h2-12,25H,13-14H2,1H3,(H,27,28). The molecule has 35 heavy (non-hydrogen) atoms. The summed E-state index contributed by atoms with van der Waals surface area (Å²) in [6, 6.07) is 19.4. The Labute approximate surface area is 200 Å². The molecular formula is C26H20N4O5. The Morgan fingerprint density at radius 2 is 1.80 bits per heavy atom. The number of fused-ring (bicyclic) bond motifs is 2. The molecule has 0 bridgehead atoms. The third-order valence-electron chi connectivity index (χ3n) is 6.40. The number of hydrogen-bond acceptors (Lipinski definition) is 6. The van der Waals surface area contributed by atoms with Crippen molar-refractivity contribution in [3.05, 3.63) is 105 Å². The summed E-state index contributed by atoms with van der Waals surface area (Å²) in [5, 5.41) is 18.6. The van der Waals surface area contributed by atoms with Gasteiger partial charge in [-0.25, -0.2) is 0 Å². The van der Waals surface area contributed by atoms with E-state index in [0.29, 0.717) is 29.4 Å². The minimum Gasteiger partial charge on any atom is -0.454 e. The first-order chi connectivity index (χ1) is 17.0. The zero-order chi connectivity index (χ0) is 24.1. The fraction of sp³-hybridized carbons (Fsp3) is 0.154. The van der Waals surface area contributed by atoms with Gasteiger partial charge in [0.25, 0.3) is 11.6 Å². The lowest BCUT2D eigenvalue weighted by molar-refractivity contribution is -0.384. The molecular weight excluding hydrogens is 448 g/mol. The molecule has 1 aromatic heterocycles. The summed E-state index contributed by atoms with van der Waals surface area (Å²) in [7, 11) is 0. The number of aromatic amines is 1. The molecule has 9 heteroatoms. The highest BCUT2D eigenvalue weighted by Crippen LogP contribution is 2.44. The van der Waals surface area contributed by atoms with Crippen LogP contribution in [0.2, 0.25) is 0 Å². The van der Waals surface area contributed by atoms with Gasteiger partial charge in [0.05, 0.1) is 16.7 Å². The Morgan fingerprint density at radius 3 is 2.54 bits per heavy atom. The van der Waals surface area contributed by atoms with Crippen LogP contribution in [-0.4, -0.2) is 32.7 Å². The highest BCUT2D eigenvalue weighted by Gasteiger charge is 2.42. The number of rotatable bonds is 5. The number of ether oxygens (including phenoxy) is 2. The monoisotopic (exact) mass is 468 g/mol. The first-order valence-electron chi connectivity index (χ1n) is 11.1. The summed E-state index contributed by atoms with van der Waals surface area (Å²) in [5.74, 6) is 1.12. The van der Waals surface area contributed by atoms with E-state index in [2.05, 4.69) is 10.2 Å². The third kappa shape index (κ3) is 3.48. The van der Waals surface area contributed by atoms with Gasteiger partial charge in [-0.05, 0) is 42.3 Å². The van der Waals surface area contributed by atoms with Crippen LogP contribution in [0.3, 0.4) is 0 Å². The number of non-ortho nitro benzene ring substituents is 1. The van der Waals surface area contributed by atoms with E-state index in [1.54, 1.807) is 17.0 Å². The molecule has 2 aliphatic heterocycles. The molecule has 2 aliphatic rings. The zero-order valence-corrected chi connectivity index (χ0v) is 18.7. The van der Waals surface area contributed by atoms with E-state index in [1.165, 1.54) is 12.1 Å². The maximum atomic E-state index is 13.6. The van der Waals surface area contributed by atoms with Crippen LogP contribution in [0.25, 0.3) is 11.3 Å². The summed E-state index contributed by atoms with van der Waals surface area (Å²) >= 11 is 0. The number of aromatic nitrogens is 2. The minimum atomic E-state index is -0.473. The van der Waals surface area contributed by atoms with Crippen LogP contribution in [0.4, 0.5) is 5.69 Å². The van der Waals surface area contributed by atoms with Crippen LogP contribution in [0.15, 0.2) is 66.7 Å². The Kier molecular flexibility index (Phi) is 4.77. The van der Waals surface area contributed by atoms with Crippen LogP contribution in [0.5, 0.6) is 11.5 Å². The second-order valence-corrected chi connectivity index (χ2v) is 8.60. The van der Waals surface area contributed by atoms with Gasteiger partial charge in [0, 0.05) is 29.8 Å². The topological polar surface area (TPSA) is 111 Å². The largest absolute Gasteiger partial charge is 0.454 e. The number of H-pyrrole nitrogens is 1. The SMILES string of the molecule is Cc1ccc(-c2n[nH]c3c2C(c2ccc([N+](=O)[O-])cc2)N(Cc2ccc4c(c2)OCO4)C3=O)cc1. The number of amides is 1. The van der Waals surface area contributed by atoms with Crippen LogP contribution >= 0.6 is 0 Å². The van der Waals surface area contributed by atoms with Gasteiger partial charge in [0.2, 0.25) is 6.79 Å². The quantitative estimate of drug-likeness (QED) is 0.334. The van der Waals surface area contributed by atoms with E-state index >= 15 is 0 Å². The smallest absolute Gasteiger partial charge is 0.273 e. The van der Waals surface area contributed by atoms with Gasteiger partial charge < -0.3 is 14.4 Å². The number of aryl methyl sites for hydroxylation is 1. The lowest BCUT2D eigenvalue weighted by Crippen LogP contribution is -2.29. The molecule has 174 valence electrons. The highest BCUT2D eigenvalue weighted by atomic mass is 16.7. The van der Waals surface area contributed by atoms with E-state index < -0.39 is 11.0 Å². The highest BCUT2D eigenvalue weighted by molar-refractivity contribution is 6.00. The molecule has 9 nitrogen and oxygen atoms in total. The molecule has 1 N–H and O–H groups in total. The molecule has 0 saturated heterocycles. The Balaban J connectivity index is 1.45. The summed E-state index contributed by atoms with van der Waals surface area (Å²) in [4.78, 5) is 26.1. The normalized spacial score (nSPS) is 16.0. The van der Waals surface area contributed by atoms with Crippen molar-refractivity contribution >= 4 is 11.6 Å².